The first-order valence-corrected chi connectivity index (χ1v) is 11.3. The number of carbonyl (C=O) groups excluding carboxylic acids is 1. The van der Waals surface area contributed by atoms with Gasteiger partial charge in [-0.1, -0.05) is 17.7 Å². The molecule has 0 saturated carbocycles. The van der Waals surface area contributed by atoms with Gasteiger partial charge in [-0.05, 0) is 31.0 Å². The molecule has 2 N–H and O–H groups in total. The number of aliphatic hydroxyl groups is 1. The Kier molecular flexibility index (Phi) is 6.91. The molecule has 1 amide bonds. The van der Waals surface area contributed by atoms with Crippen LogP contribution in [-0.2, 0) is 0 Å². The Morgan fingerprint density at radius 1 is 1.35 bits per heavy atom. The van der Waals surface area contributed by atoms with Crippen LogP contribution in [0.4, 0.5) is 28.5 Å². The van der Waals surface area contributed by atoms with E-state index in [0.29, 0.717) is 25.3 Å². The third kappa shape index (κ3) is 5.57. The number of aliphatic hydroxyl groups excluding tert-OH is 1. The minimum atomic E-state index is -5.04. The standard InChI is InChI=1S/C21H17ClF4N4O3S/c22-14-7-11(8-27-18(14)30-6-2-3-12(31)9-30)19(32)29-20-28-15(10-34-20)13-4-1-5-16(17(13)23)33-21(24,25)26/h1,4-5,7-8,10,12,31H,2-3,6,9H2,(H,28,29,32). The highest BCUT2D eigenvalue weighted by Gasteiger charge is 2.33. The fourth-order valence-electron chi connectivity index (χ4n) is 3.47. The summed E-state index contributed by atoms with van der Waals surface area (Å²) in [6.45, 7) is 1.08. The number of alkyl halides is 3. The minimum Gasteiger partial charge on any atom is -0.403 e. The number of nitrogens with zero attached hydrogens (tertiary/aromatic N) is 3. The quantitative estimate of drug-likeness (QED) is 0.458. The maximum atomic E-state index is 14.5. The van der Waals surface area contributed by atoms with E-state index in [0.717, 1.165) is 23.8 Å². The van der Waals surface area contributed by atoms with Gasteiger partial charge in [0.25, 0.3) is 5.91 Å². The molecule has 1 saturated heterocycles. The Morgan fingerprint density at radius 3 is 2.85 bits per heavy atom. The molecule has 1 aliphatic rings. The van der Waals surface area contributed by atoms with Crippen molar-refractivity contribution in [1.29, 1.82) is 0 Å². The van der Waals surface area contributed by atoms with Gasteiger partial charge in [0.15, 0.2) is 16.7 Å². The van der Waals surface area contributed by atoms with E-state index >= 15 is 0 Å². The molecule has 1 atom stereocenters. The molecule has 0 aliphatic carbocycles. The van der Waals surface area contributed by atoms with Crippen LogP contribution in [0.2, 0.25) is 5.02 Å². The van der Waals surface area contributed by atoms with Gasteiger partial charge in [-0.3, -0.25) is 10.1 Å². The average Bonchev–Trinajstić information content (AvgIpc) is 3.22. The molecule has 1 aromatic carbocycles. The Morgan fingerprint density at radius 2 is 2.15 bits per heavy atom. The first kappa shape index (κ1) is 24.2. The van der Waals surface area contributed by atoms with Gasteiger partial charge >= 0.3 is 6.36 Å². The summed E-state index contributed by atoms with van der Waals surface area (Å²) in [5, 5.41) is 14.1. The van der Waals surface area contributed by atoms with Crippen molar-refractivity contribution in [2.24, 2.45) is 0 Å². The largest absolute Gasteiger partial charge is 0.573 e. The van der Waals surface area contributed by atoms with Gasteiger partial charge < -0.3 is 14.7 Å². The van der Waals surface area contributed by atoms with E-state index in [2.05, 4.69) is 20.0 Å². The lowest BCUT2D eigenvalue weighted by Crippen LogP contribution is -2.38. The summed E-state index contributed by atoms with van der Waals surface area (Å²) in [6, 6.07) is 4.74. The lowest BCUT2D eigenvalue weighted by atomic mass is 10.1. The zero-order valence-corrected chi connectivity index (χ0v) is 18.8. The van der Waals surface area contributed by atoms with Crippen molar-refractivity contribution < 1.29 is 32.2 Å². The summed E-state index contributed by atoms with van der Waals surface area (Å²) in [6.07, 6.45) is -2.68. The van der Waals surface area contributed by atoms with E-state index < -0.39 is 29.9 Å². The van der Waals surface area contributed by atoms with E-state index in [-0.39, 0.29) is 27.0 Å². The average molecular weight is 517 g/mol. The van der Waals surface area contributed by atoms with E-state index in [1.807, 2.05) is 4.90 Å². The number of piperidine rings is 1. The SMILES string of the molecule is O=C(Nc1nc(-c2cccc(OC(F)(F)F)c2F)cs1)c1cnc(N2CCCC(O)C2)c(Cl)c1. The number of pyridine rings is 1. The molecule has 180 valence electrons. The maximum absolute atomic E-state index is 14.5. The van der Waals surface area contributed by atoms with Crippen LogP contribution >= 0.6 is 22.9 Å². The molecule has 3 heterocycles. The number of nitrogens with one attached hydrogen (secondary N) is 1. The first-order valence-electron chi connectivity index (χ1n) is 10.0. The predicted molar refractivity (Wildman–Crippen MR) is 119 cm³/mol. The van der Waals surface area contributed by atoms with Crippen molar-refractivity contribution in [2.75, 3.05) is 23.3 Å². The number of rotatable bonds is 5. The van der Waals surface area contributed by atoms with Gasteiger partial charge in [-0.25, -0.2) is 14.4 Å². The highest BCUT2D eigenvalue weighted by atomic mass is 35.5. The summed E-state index contributed by atoms with van der Waals surface area (Å²) in [5.41, 5.74) is -0.0355. The Labute approximate surface area is 200 Å². The number of amides is 1. The van der Waals surface area contributed by atoms with Gasteiger partial charge in [0.1, 0.15) is 5.82 Å². The Bertz CT molecular complexity index is 1210. The van der Waals surface area contributed by atoms with Gasteiger partial charge in [0.2, 0.25) is 0 Å². The third-order valence-electron chi connectivity index (χ3n) is 4.97. The summed E-state index contributed by atoms with van der Waals surface area (Å²) in [5.74, 6) is -2.32. The number of halogens is 5. The Balaban J connectivity index is 1.48. The van der Waals surface area contributed by atoms with Crippen LogP contribution < -0.4 is 15.0 Å². The van der Waals surface area contributed by atoms with Crippen molar-refractivity contribution in [3.63, 3.8) is 0 Å². The lowest BCUT2D eigenvalue weighted by Gasteiger charge is -2.31. The second kappa shape index (κ2) is 9.72. The monoisotopic (exact) mass is 516 g/mol. The molecule has 7 nitrogen and oxygen atoms in total. The van der Waals surface area contributed by atoms with Gasteiger partial charge in [-0.2, -0.15) is 0 Å². The fourth-order valence-corrected chi connectivity index (χ4v) is 4.46. The normalized spacial score (nSPS) is 16.4. The van der Waals surface area contributed by atoms with Crippen LogP contribution in [0.15, 0.2) is 35.8 Å². The molecule has 34 heavy (non-hydrogen) atoms. The zero-order chi connectivity index (χ0) is 24.5. The summed E-state index contributed by atoms with van der Waals surface area (Å²) in [4.78, 5) is 22.8. The predicted octanol–water partition coefficient (Wildman–Crippen LogP) is 5.11. The van der Waals surface area contributed by atoms with E-state index in [1.54, 1.807) is 0 Å². The van der Waals surface area contributed by atoms with Crippen LogP contribution in [-0.4, -0.2) is 46.5 Å². The van der Waals surface area contributed by atoms with Crippen molar-refractivity contribution in [2.45, 2.75) is 25.3 Å². The maximum Gasteiger partial charge on any atom is 0.573 e. The summed E-state index contributed by atoms with van der Waals surface area (Å²) in [7, 11) is 0. The van der Waals surface area contributed by atoms with Crippen molar-refractivity contribution in [1.82, 2.24) is 9.97 Å². The molecule has 1 aliphatic heterocycles. The van der Waals surface area contributed by atoms with Crippen LogP contribution in [0.25, 0.3) is 11.3 Å². The zero-order valence-electron chi connectivity index (χ0n) is 17.3. The van der Waals surface area contributed by atoms with Crippen LogP contribution in [0, 0.1) is 5.82 Å². The number of β-amino-alcohol motifs (C(OH)–C–C–N with tert-alkyl or cyclic N) is 1. The van der Waals surface area contributed by atoms with Crippen molar-refractivity contribution >= 4 is 39.8 Å². The van der Waals surface area contributed by atoms with Gasteiger partial charge in [-0.15, -0.1) is 24.5 Å². The number of thiazole rings is 1. The van der Waals surface area contributed by atoms with Crippen LogP contribution in [0.3, 0.4) is 0 Å². The second-order valence-corrected chi connectivity index (χ2v) is 8.69. The van der Waals surface area contributed by atoms with Crippen LogP contribution in [0.5, 0.6) is 5.75 Å². The molecule has 2 aromatic heterocycles. The topological polar surface area (TPSA) is 87.6 Å². The molecule has 0 spiro atoms. The number of anilines is 2. The number of hydrogen-bond donors (Lipinski definition) is 2. The van der Waals surface area contributed by atoms with Gasteiger partial charge in [0.05, 0.1) is 22.4 Å². The highest BCUT2D eigenvalue weighted by molar-refractivity contribution is 7.14. The number of ether oxygens (including phenoxy) is 1. The van der Waals surface area contributed by atoms with E-state index in [9.17, 15) is 27.5 Å². The highest BCUT2D eigenvalue weighted by Crippen LogP contribution is 2.34. The number of aromatic nitrogens is 2. The summed E-state index contributed by atoms with van der Waals surface area (Å²) >= 11 is 7.27. The summed E-state index contributed by atoms with van der Waals surface area (Å²) < 4.78 is 55.6. The van der Waals surface area contributed by atoms with Crippen LogP contribution in [0.1, 0.15) is 23.2 Å². The van der Waals surface area contributed by atoms with E-state index in [1.165, 1.54) is 29.8 Å². The first-order chi connectivity index (χ1) is 16.1. The molecule has 3 aromatic rings. The second-order valence-electron chi connectivity index (χ2n) is 7.43. The third-order valence-corrected chi connectivity index (χ3v) is 6.01. The Hall–Kier alpha value is -2.96. The molecule has 13 heteroatoms. The molecule has 0 radical (unpaired) electrons. The lowest BCUT2D eigenvalue weighted by molar-refractivity contribution is -0.275. The number of benzene rings is 1. The molecular formula is C21H17ClF4N4O3S. The molecule has 1 unspecified atom stereocenters. The molecule has 4 rings (SSSR count). The fraction of sp³-hybridized carbons (Fsp3) is 0.286. The van der Waals surface area contributed by atoms with Crippen molar-refractivity contribution in [3.05, 3.63) is 52.2 Å². The minimum absolute atomic E-state index is 0.0283. The number of carbonyl (C=O) groups is 1. The molecule has 1 fully saturated rings. The smallest absolute Gasteiger partial charge is 0.403 e. The van der Waals surface area contributed by atoms with Crippen molar-refractivity contribution in [3.8, 4) is 17.0 Å². The molecular weight excluding hydrogens is 500 g/mol. The molecule has 0 bridgehead atoms. The van der Waals surface area contributed by atoms with Gasteiger partial charge in [0, 0.05) is 30.2 Å². The van der Waals surface area contributed by atoms with E-state index in [4.69, 9.17) is 11.6 Å². The number of hydrogen-bond acceptors (Lipinski definition) is 7.